The van der Waals surface area contributed by atoms with Crippen molar-refractivity contribution in [2.45, 2.75) is 19.4 Å². The number of hydrogen-bond acceptors (Lipinski definition) is 3. The van der Waals surface area contributed by atoms with Crippen molar-refractivity contribution >= 4 is 0 Å². The summed E-state index contributed by atoms with van der Waals surface area (Å²) in [7, 11) is 1.69. The molecule has 3 nitrogen and oxygen atoms in total. The van der Waals surface area contributed by atoms with Crippen molar-refractivity contribution in [3.05, 3.63) is 29.8 Å². The van der Waals surface area contributed by atoms with Gasteiger partial charge in [0.1, 0.15) is 5.75 Å². The largest absolute Gasteiger partial charge is 0.497 e. The van der Waals surface area contributed by atoms with Gasteiger partial charge in [-0.2, -0.15) is 0 Å². The lowest BCUT2D eigenvalue weighted by atomic mass is 10.1. The van der Waals surface area contributed by atoms with Crippen LogP contribution in [0.1, 0.15) is 25.0 Å². The molecule has 0 N–H and O–H groups in total. The lowest BCUT2D eigenvalue weighted by molar-refractivity contribution is -0.0292. The highest BCUT2D eigenvalue weighted by atomic mass is 16.5. The van der Waals surface area contributed by atoms with E-state index in [4.69, 9.17) is 9.47 Å². The first-order valence-electron chi connectivity index (χ1n) is 6.71. The topological polar surface area (TPSA) is 21.7 Å². The maximum absolute atomic E-state index is 5.87. The normalized spacial score (nSPS) is 19.6. The van der Waals surface area contributed by atoms with Crippen molar-refractivity contribution in [3.8, 4) is 17.6 Å². The molecule has 19 heavy (non-hydrogen) atoms. The lowest BCUT2D eigenvalue weighted by Crippen LogP contribution is -2.38. The van der Waals surface area contributed by atoms with Gasteiger partial charge in [0.2, 0.25) is 0 Å². The number of nitrogens with zero attached hydrogens (tertiary/aromatic N) is 1. The van der Waals surface area contributed by atoms with E-state index in [1.165, 1.54) is 5.56 Å². The molecule has 1 aromatic carbocycles. The van der Waals surface area contributed by atoms with Crippen LogP contribution in [-0.2, 0) is 4.74 Å². The van der Waals surface area contributed by atoms with E-state index in [2.05, 4.69) is 28.9 Å². The first kappa shape index (κ1) is 13.9. The van der Waals surface area contributed by atoms with Gasteiger partial charge in [-0.05, 0) is 24.6 Å². The first-order valence-corrected chi connectivity index (χ1v) is 6.71. The zero-order chi connectivity index (χ0) is 13.5. The van der Waals surface area contributed by atoms with Crippen LogP contribution in [0.5, 0.6) is 5.75 Å². The summed E-state index contributed by atoms with van der Waals surface area (Å²) in [5.41, 5.74) is 1.19. The Labute approximate surface area is 115 Å². The van der Waals surface area contributed by atoms with Crippen LogP contribution in [0.4, 0.5) is 0 Å². The summed E-state index contributed by atoms with van der Waals surface area (Å²) in [6.07, 6.45) is 1.07. The van der Waals surface area contributed by atoms with Crippen molar-refractivity contribution in [1.29, 1.82) is 0 Å². The highest BCUT2D eigenvalue weighted by molar-refractivity contribution is 5.30. The van der Waals surface area contributed by atoms with Crippen molar-refractivity contribution in [2.24, 2.45) is 0 Å². The lowest BCUT2D eigenvalue weighted by Gasteiger charge is -2.32. The monoisotopic (exact) mass is 259 g/mol. The molecule has 2 rings (SSSR count). The summed E-state index contributed by atoms with van der Waals surface area (Å²) in [4.78, 5) is 2.41. The van der Waals surface area contributed by atoms with E-state index < -0.39 is 0 Å². The molecule has 0 amide bonds. The van der Waals surface area contributed by atoms with Gasteiger partial charge in [-0.15, -0.1) is 11.8 Å². The van der Waals surface area contributed by atoms with Crippen molar-refractivity contribution in [3.63, 3.8) is 0 Å². The molecule has 0 aromatic heterocycles. The Bertz CT molecular complexity index is 461. The van der Waals surface area contributed by atoms with Gasteiger partial charge in [0.05, 0.1) is 19.8 Å². The molecular weight excluding hydrogens is 238 g/mol. The van der Waals surface area contributed by atoms with Gasteiger partial charge in [-0.1, -0.05) is 12.1 Å². The Balaban J connectivity index is 1.97. The highest BCUT2D eigenvalue weighted by Gasteiger charge is 2.21. The van der Waals surface area contributed by atoms with Gasteiger partial charge < -0.3 is 9.47 Å². The second-order valence-corrected chi connectivity index (χ2v) is 4.61. The minimum atomic E-state index is 0.137. The van der Waals surface area contributed by atoms with E-state index in [0.717, 1.165) is 38.4 Å². The Morgan fingerprint density at radius 1 is 1.47 bits per heavy atom. The van der Waals surface area contributed by atoms with E-state index in [1.807, 2.05) is 19.1 Å². The van der Waals surface area contributed by atoms with Gasteiger partial charge in [0.15, 0.2) is 0 Å². The number of rotatable bonds is 4. The number of methoxy groups -OCH3 is 1. The third-order valence-corrected chi connectivity index (χ3v) is 3.35. The molecule has 1 heterocycles. The van der Waals surface area contributed by atoms with E-state index in [-0.39, 0.29) is 6.10 Å². The molecule has 3 heteroatoms. The predicted octanol–water partition coefficient (Wildman–Crippen LogP) is 2.48. The Morgan fingerprint density at radius 3 is 3.16 bits per heavy atom. The molecule has 1 aliphatic heterocycles. The SMILES string of the molecule is CC#CCCN1CCOC(c2cccc(OC)c2)C1. The number of benzene rings is 1. The van der Waals surface area contributed by atoms with Crippen molar-refractivity contribution in [1.82, 2.24) is 4.90 Å². The number of ether oxygens (including phenoxy) is 2. The predicted molar refractivity (Wildman–Crippen MR) is 76.2 cm³/mol. The average molecular weight is 259 g/mol. The van der Waals surface area contributed by atoms with Crippen molar-refractivity contribution < 1.29 is 9.47 Å². The van der Waals surface area contributed by atoms with Gasteiger partial charge >= 0.3 is 0 Å². The van der Waals surface area contributed by atoms with Crippen LogP contribution in [0.3, 0.4) is 0 Å². The zero-order valence-corrected chi connectivity index (χ0v) is 11.7. The molecule has 1 unspecified atom stereocenters. The maximum Gasteiger partial charge on any atom is 0.119 e. The summed E-state index contributed by atoms with van der Waals surface area (Å²) in [5, 5.41) is 0. The zero-order valence-electron chi connectivity index (χ0n) is 11.7. The molecule has 0 aliphatic carbocycles. The summed E-state index contributed by atoms with van der Waals surface area (Å²) < 4.78 is 11.1. The second-order valence-electron chi connectivity index (χ2n) is 4.61. The van der Waals surface area contributed by atoms with Gasteiger partial charge in [-0.25, -0.2) is 0 Å². The molecule has 1 fully saturated rings. The molecule has 0 bridgehead atoms. The van der Waals surface area contributed by atoms with Crippen LogP contribution in [0.15, 0.2) is 24.3 Å². The third kappa shape index (κ3) is 3.99. The standard InChI is InChI=1S/C16H21NO2/c1-3-4-5-9-17-10-11-19-16(13-17)14-7-6-8-15(12-14)18-2/h6-8,12,16H,5,9-11,13H2,1-2H3. The average Bonchev–Trinajstić information content (AvgIpc) is 2.48. The third-order valence-electron chi connectivity index (χ3n) is 3.35. The van der Waals surface area contributed by atoms with Crippen LogP contribution in [0.25, 0.3) is 0 Å². The first-order chi connectivity index (χ1) is 9.33. The Kier molecular flexibility index (Phi) is 5.26. The molecule has 1 aliphatic rings. The summed E-state index contributed by atoms with van der Waals surface area (Å²) in [6, 6.07) is 8.13. The molecule has 0 spiro atoms. The van der Waals surface area contributed by atoms with Crippen LogP contribution < -0.4 is 4.74 Å². The summed E-state index contributed by atoms with van der Waals surface area (Å²) in [5.74, 6) is 6.94. The number of hydrogen-bond donors (Lipinski definition) is 0. The smallest absolute Gasteiger partial charge is 0.119 e. The molecule has 1 atom stereocenters. The van der Waals surface area contributed by atoms with E-state index in [0.29, 0.717) is 0 Å². The molecule has 1 aromatic rings. The highest BCUT2D eigenvalue weighted by Crippen LogP contribution is 2.25. The quantitative estimate of drug-likeness (QED) is 0.775. The second kappa shape index (κ2) is 7.18. The fraction of sp³-hybridized carbons (Fsp3) is 0.500. The van der Waals surface area contributed by atoms with Crippen molar-refractivity contribution in [2.75, 3.05) is 33.4 Å². The minimum absolute atomic E-state index is 0.137. The number of morpholine rings is 1. The molecule has 0 saturated carbocycles. The molecule has 102 valence electrons. The van der Waals surface area contributed by atoms with Gasteiger partial charge in [0.25, 0.3) is 0 Å². The van der Waals surface area contributed by atoms with Crippen LogP contribution in [0, 0.1) is 11.8 Å². The fourth-order valence-corrected chi connectivity index (χ4v) is 2.29. The minimum Gasteiger partial charge on any atom is -0.497 e. The molecule has 0 radical (unpaired) electrons. The maximum atomic E-state index is 5.87. The van der Waals surface area contributed by atoms with Crippen LogP contribution in [-0.4, -0.2) is 38.3 Å². The Hall–Kier alpha value is -1.50. The van der Waals surface area contributed by atoms with E-state index in [1.54, 1.807) is 7.11 Å². The molecule has 1 saturated heterocycles. The Morgan fingerprint density at radius 2 is 2.37 bits per heavy atom. The summed E-state index contributed by atoms with van der Waals surface area (Å²) in [6.45, 7) is 5.61. The van der Waals surface area contributed by atoms with Crippen LogP contribution >= 0.6 is 0 Å². The van der Waals surface area contributed by atoms with Gasteiger partial charge in [-0.3, -0.25) is 4.90 Å². The van der Waals surface area contributed by atoms with Crippen LogP contribution in [0.2, 0.25) is 0 Å². The molecular formula is C16H21NO2. The van der Waals surface area contributed by atoms with E-state index in [9.17, 15) is 0 Å². The summed E-state index contributed by atoms with van der Waals surface area (Å²) >= 11 is 0. The fourth-order valence-electron chi connectivity index (χ4n) is 2.29. The van der Waals surface area contributed by atoms with E-state index >= 15 is 0 Å². The van der Waals surface area contributed by atoms with Gasteiger partial charge in [0, 0.05) is 26.1 Å².